The fourth-order valence-corrected chi connectivity index (χ4v) is 4.69. The van der Waals surface area contributed by atoms with Gasteiger partial charge in [-0.05, 0) is 43.2 Å². The molecule has 3 rings (SSSR count). The number of nitrogens with zero attached hydrogens (tertiary/aromatic N) is 3. The van der Waals surface area contributed by atoms with Gasteiger partial charge in [0.25, 0.3) is 5.91 Å². The van der Waals surface area contributed by atoms with E-state index in [-0.39, 0.29) is 11.7 Å². The Morgan fingerprint density at radius 1 is 1.19 bits per heavy atom. The van der Waals surface area contributed by atoms with Gasteiger partial charge in [0.05, 0.1) is 23.9 Å². The number of carbonyl (C=O) groups excluding carboxylic acids is 1. The molecule has 0 spiro atoms. The summed E-state index contributed by atoms with van der Waals surface area (Å²) in [6.45, 7) is 3.80. The van der Waals surface area contributed by atoms with Gasteiger partial charge in [-0.15, -0.1) is 11.3 Å². The molecule has 1 amide bonds. The number of thiazole rings is 1. The number of aromatic nitrogens is 1. The fraction of sp³-hybridized carbons (Fsp3) is 0.227. The largest absolute Gasteiger partial charge is 0.310 e. The number of nitriles is 1. The van der Waals surface area contributed by atoms with E-state index in [0.29, 0.717) is 15.6 Å². The Labute approximate surface area is 186 Å². The third kappa shape index (κ3) is 5.29. The van der Waals surface area contributed by atoms with Gasteiger partial charge in [-0.25, -0.2) is 18.1 Å². The van der Waals surface area contributed by atoms with E-state index in [2.05, 4.69) is 18.0 Å². The molecule has 0 saturated carbocycles. The van der Waals surface area contributed by atoms with Crippen LogP contribution >= 0.6 is 11.3 Å². The Morgan fingerprint density at radius 2 is 1.84 bits per heavy atom. The van der Waals surface area contributed by atoms with Crippen LogP contribution < -0.4 is 9.62 Å². The molecule has 0 fully saturated rings. The van der Waals surface area contributed by atoms with Crippen LogP contribution in [0.15, 0.2) is 54.6 Å². The Kier molecular flexibility index (Phi) is 6.73. The maximum absolute atomic E-state index is 12.4. The number of hydrogen-bond donors (Lipinski definition) is 1. The first kappa shape index (κ1) is 22.5. The number of benzene rings is 2. The number of anilines is 2. The minimum Gasteiger partial charge on any atom is -0.310 e. The van der Waals surface area contributed by atoms with Crippen molar-refractivity contribution in [3.8, 4) is 6.07 Å². The summed E-state index contributed by atoms with van der Waals surface area (Å²) in [5.41, 5.74) is 2.51. The molecule has 1 aromatic heterocycles. The van der Waals surface area contributed by atoms with Crippen LogP contribution in [0.1, 0.15) is 45.9 Å². The number of hydrogen-bond acceptors (Lipinski definition) is 7. The maximum Gasteiger partial charge on any atom is 0.284 e. The quantitative estimate of drug-likeness (QED) is 0.571. The summed E-state index contributed by atoms with van der Waals surface area (Å²) < 4.78 is 25.0. The molecule has 3 aromatic rings. The predicted octanol–water partition coefficient (Wildman–Crippen LogP) is 4.30. The van der Waals surface area contributed by atoms with Gasteiger partial charge < -0.3 is 4.90 Å². The Hall–Kier alpha value is -3.22. The third-order valence-corrected chi connectivity index (χ3v) is 6.17. The lowest BCUT2D eigenvalue weighted by Gasteiger charge is -2.31. The van der Waals surface area contributed by atoms with Gasteiger partial charge in [0.2, 0.25) is 10.0 Å². The Bertz CT molecular complexity index is 1210. The minimum atomic E-state index is -3.70. The molecule has 160 valence electrons. The van der Waals surface area contributed by atoms with Crippen molar-refractivity contribution in [3.63, 3.8) is 0 Å². The number of amides is 1. The number of nitrogens with one attached hydrogen (secondary N) is 1. The first-order chi connectivity index (χ1) is 14.7. The molecule has 0 aliphatic carbocycles. The highest BCUT2D eigenvalue weighted by molar-refractivity contribution is 7.89. The van der Waals surface area contributed by atoms with E-state index in [1.807, 2.05) is 52.1 Å². The lowest BCUT2D eigenvalue weighted by atomic mass is 10.0. The van der Waals surface area contributed by atoms with E-state index in [9.17, 15) is 13.2 Å². The van der Waals surface area contributed by atoms with E-state index in [4.69, 9.17) is 5.26 Å². The minimum absolute atomic E-state index is 0.0759. The topological polar surface area (TPSA) is 103 Å². The van der Waals surface area contributed by atoms with Gasteiger partial charge in [-0.2, -0.15) is 5.26 Å². The lowest BCUT2D eigenvalue weighted by molar-refractivity contribution is 0.0977. The van der Waals surface area contributed by atoms with E-state index in [1.54, 1.807) is 19.1 Å². The smallest absolute Gasteiger partial charge is 0.284 e. The van der Waals surface area contributed by atoms with Crippen LogP contribution in [-0.4, -0.2) is 25.6 Å². The zero-order valence-corrected chi connectivity index (χ0v) is 19.0. The van der Waals surface area contributed by atoms with Crippen molar-refractivity contribution >= 4 is 38.1 Å². The average molecular weight is 455 g/mol. The maximum atomic E-state index is 12.4. The first-order valence-electron chi connectivity index (χ1n) is 9.57. The van der Waals surface area contributed by atoms with Gasteiger partial charge in [0, 0.05) is 10.6 Å². The number of aryl methyl sites for hydroxylation is 1. The fourth-order valence-electron chi connectivity index (χ4n) is 3.28. The standard InChI is InChI=1S/C22H22N4O3S2/c1-4-19(17-8-6-5-7-9-17)26(18-12-10-16(14-23)11-13-18)22-24-20(15(2)30-22)21(27)25-31(3,28)29/h5-13,19H,4H2,1-3H3,(H,25,27). The molecule has 1 heterocycles. The summed E-state index contributed by atoms with van der Waals surface area (Å²) in [5.74, 6) is -0.755. The molecule has 7 nitrogen and oxygen atoms in total. The molecule has 0 saturated heterocycles. The summed E-state index contributed by atoms with van der Waals surface area (Å²) in [6.07, 6.45) is 1.69. The van der Waals surface area contributed by atoms with Gasteiger partial charge >= 0.3 is 0 Å². The summed E-state index contributed by atoms with van der Waals surface area (Å²) in [5, 5.41) is 9.71. The van der Waals surface area contributed by atoms with Crippen molar-refractivity contribution in [2.75, 3.05) is 11.2 Å². The second kappa shape index (κ2) is 9.29. The average Bonchev–Trinajstić information content (AvgIpc) is 3.12. The van der Waals surface area contributed by atoms with Crippen LogP contribution in [0.2, 0.25) is 0 Å². The van der Waals surface area contributed by atoms with E-state index in [1.165, 1.54) is 11.3 Å². The molecule has 1 unspecified atom stereocenters. The van der Waals surface area contributed by atoms with Crippen molar-refractivity contribution in [1.82, 2.24) is 9.71 Å². The molecule has 31 heavy (non-hydrogen) atoms. The molecule has 2 aromatic carbocycles. The Balaban J connectivity index is 2.11. The molecule has 0 aliphatic rings. The molecule has 1 atom stereocenters. The van der Waals surface area contributed by atoms with Gasteiger partial charge in [0.1, 0.15) is 5.69 Å². The summed E-state index contributed by atoms with van der Waals surface area (Å²) in [7, 11) is -3.70. The van der Waals surface area contributed by atoms with Crippen LogP contribution in [0, 0.1) is 18.3 Å². The van der Waals surface area contributed by atoms with Crippen LogP contribution in [0.25, 0.3) is 0 Å². The number of rotatable bonds is 7. The normalized spacial score (nSPS) is 12.1. The highest BCUT2D eigenvalue weighted by Crippen LogP contribution is 2.40. The predicted molar refractivity (Wildman–Crippen MR) is 122 cm³/mol. The summed E-state index contributed by atoms with van der Waals surface area (Å²) >= 11 is 1.31. The molecule has 9 heteroatoms. The van der Waals surface area contributed by atoms with Crippen LogP contribution in [0.3, 0.4) is 0 Å². The second-order valence-corrected chi connectivity index (χ2v) is 9.90. The van der Waals surface area contributed by atoms with Gasteiger partial charge in [-0.1, -0.05) is 37.3 Å². The molecule has 0 aliphatic heterocycles. The highest BCUT2D eigenvalue weighted by Gasteiger charge is 2.27. The van der Waals surface area contributed by atoms with Gasteiger partial charge in [0.15, 0.2) is 5.13 Å². The van der Waals surface area contributed by atoms with Crippen LogP contribution in [0.4, 0.5) is 10.8 Å². The zero-order valence-electron chi connectivity index (χ0n) is 17.4. The van der Waals surface area contributed by atoms with Gasteiger partial charge in [-0.3, -0.25) is 4.79 Å². The highest BCUT2D eigenvalue weighted by atomic mass is 32.2. The van der Waals surface area contributed by atoms with Crippen molar-refractivity contribution in [1.29, 1.82) is 5.26 Å². The van der Waals surface area contributed by atoms with Crippen LogP contribution in [-0.2, 0) is 10.0 Å². The first-order valence-corrected chi connectivity index (χ1v) is 12.3. The SMILES string of the molecule is CCC(c1ccccc1)N(c1ccc(C#N)cc1)c1nc(C(=O)NS(C)(=O)=O)c(C)s1. The molecular formula is C22H22N4O3S2. The monoisotopic (exact) mass is 454 g/mol. The molecular weight excluding hydrogens is 432 g/mol. The number of carbonyl (C=O) groups is 1. The zero-order chi connectivity index (χ0) is 22.6. The summed E-state index contributed by atoms with van der Waals surface area (Å²) in [4.78, 5) is 19.6. The molecule has 0 radical (unpaired) electrons. The summed E-state index contributed by atoms with van der Waals surface area (Å²) in [6, 6.07) is 19.1. The number of sulfonamides is 1. The van der Waals surface area contributed by atoms with E-state index < -0.39 is 15.9 Å². The molecule has 1 N–H and O–H groups in total. The van der Waals surface area contributed by atoms with E-state index in [0.717, 1.165) is 23.9 Å². The third-order valence-electron chi connectivity index (χ3n) is 4.64. The van der Waals surface area contributed by atoms with E-state index >= 15 is 0 Å². The second-order valence-electron chi connectivity index (χ2n) is 6.97. The lowest BCUT2D eigenvalue weighted by Crippen LogP contribution is -2.30. The van der Waals surface area contributed by atoms with Crippen molar-refractivity contribution in [3.05, 3.63) is 76.3 Å². The van der Waals surface area contributed by atoms with Crippen molar-refractivity contribution in [2.45, 2.75) is 26.3 Å². The van der Waals surface area contributed by atoms with Crippen molar-refractivity contribution in [2.24, 2.45) is 0 Å². The van der Waals surface area contributed by atoms with Crippen LogP contribution in [0.5, 0.6) is 0 Å². The Morgan fingerprint density at radius 3 is 2.39 bits per heavy atom. The van der Waals surface area contributed by atoms with Crippen molar-refractivity contribution < 1.29 is 13.2 Å². The molecule has 0 bridgehead atoms.